The zero-order valence-electron chi connectivity index (χ0n) is 9.21. The minimum atomic E-state index is 0.469. The number of nitrogens with two attached hydrogens (primary N) is 1. The minimum absolute atomic E-state index is 0.469. The van der Waals surface area contributed by atoms with Crippen molar-refractivity contribution in [3.05, 3.63) is 0 Å². The van der Waals surface area contributed by atoms with Gasteiger partial charge < -0.3 is 10.6 Å². The van der Waals surface area contributed by atoms with Crippen molar-refractivity contribution < 1.29 is 0 Å². The monoisotopic (exact) mass is 202 g/mol. The highest BCUT2D eigenvalue weighted by atomic mass is 32.1. The second kappa shape index (κ2) is 6.33. The fourth-order valence-corrected chi connectivity index (χ4v) is 1.37. The van der Waals surface area contributed by atoms with Crippen LogP contribution < -0.4 is 5.73 Å². The van der Waals surface area contributed by atoms with E-state index in [1.165, 1.54) is 6.42 Å². The molecule has 2 nitrogen and oxygen atoms in total. The third-order valence-electron chi connectivity index (χ3n) is 2.31. The molecule has 2 N–H and O–H groups in total. The van der Waals surface area contributed by atoms with Gasteiger partial charge in [0, 0.05) is 12.5 Å². The molecule has 0 bridgehead atoms. The predicted octanol–water partition coefficient (Wildman–Crippen LogP) is 2.03. The molecule has 1 atom stereocenters. The number of thiocarbonyl (C=S) groups is 1. The summed E-state index contributed by atoms with van der Waals surface area (Å²) in [7, 11) is 2.13. The van der Waals surface area contributed by atoms with Crippen molar-refractivity contribution in [3.8, 4) is 0 Å². The van der Waals surface area contributed by atoms with E-state index in [9.17, 15) is 0 Å². The van der Waals surface area contributed by atoms with Crippen LogP contribution in [0.3, 0.4) is 0 Å². The van der Waals surface area contributed by atoms with Crippen LogP contribution in [0.25, 0.3) is 0 Å². The molecule has 1 unspecified atom stereocenters. The van der Waals surface area contributed by atoms with Crippen molar-refractivity contribution in [2.24, 2.45) is 11.7 Å². The summed E-state index contributed by atoms with van der Waals surface area (Å²) in [4.78, 5) is 2.93. The molecule has 0 fully saturated rings. The molecule has 0 radical (unpaired) electrons. The van der Waals surface area contributed by atoms with Gasteiger partial charge in [0.2, 0.25) is 0 Å². The van der Waals surface area contributed by atoms with E-state index in [0.29, 0.717) is 11.0 Å². The fourth-order valence-electron chi connectivity index (χ4n) is 1.13. The molecule has 0 rings (SSSR count). The number of hydrogen-bond acceptors (Lipinski definition) is 2. The molecule has 3 heteroatoms. The van der Waals surface area contributed by atoms with Crippen molar-refractivity contribution in [3.63, 3.8) is 0 Å². The van der Waals surface area contributed by atoms with Gasteiger partial charge in [-0.05, 0) is 32.9 Å². The van der Waals surface area contributed by atoms with E-state index in [2.05, 4.69) is 32.7 Å². The van der Waals surface area contributed by atoms with Gasteiger partial charge in [-0.2, -0.15) is 0 Å². The van der Waals surface area contributed by atoms with Crippen molar-refractivity contribution >= 4 is 17.2 Å². The van der Waals surface area contributed by atoms with Gasteiger partial charge in [0.25, 0.3) is 0 Å². The normalized spacial score (nSPS) is 13.7. The Morgan fingerprint density at radius 3 is 2.31 bits per heavy atom. The maximum Gasteiger partial charge on any atom is 0.0742 e. The molecule has 0 heterocycles. The molecule has 0 aliphatic heterocycles. The summed E-state index contributed by atoms with van der Waals surface area (Å²) in [5.74, 6) is 0.763. The molecular formula is C10H22N2S. The highest BCUT2D eigenvalue weighted by Gasteiger charge is 2.09. The lowest BCUT2D eigenvalue weighted by Gasteiger charge is -2.24. The number of nitrogens with zero attached hydrogens (tertiary/aromatic N) is 1. The van der Waals surface area contributed by atoms with E-state index in [1.807, 2.05) is 0 Å². The van der Waals surface area contributed by atoms with Gasteiger partial charge in [-0.15, -0.1) is 0 Å². The average Bonchev–Trinajstić information content (AvgIpc) is 1.98. The Morgan fingerprint density at radius 2 is 1.92 bits per heavy atom. The smallest absolute Gasteiger partial charge is 0.0742 e. The van der Waals surface area contributed by atoms with Crippen molar-refractivity contribution in [2.45, 2.75) is 39.7 Å². The summed E-state index contributed by atoms with van der Waals surface area (Å²) >= 11 is 4.88. The Bertz CT molecular complexity index is 157. The second-order valence-corrected chi connectivity index (χ2v) is 4.71. The van der Waals surface area contributed by atoms with E-state index in [0.717, 1.165) is 18.9 Å². The number of hydrogen-bond donors (Lipinski definition) is 1. The Balaban J connectivity index is 3.68. The second-order valence-electron chi connectivity index (χ2n) is 4.18. The Morgan fingerprint density at radius 1 is 1.38 bits per heavy atom. The van der Waals surface area contributed by atoms with Crippen LogP contribution in [0.1, 0.15) is 33.6 Å². The first-order valence-electron chi connectivity index (χ1n) is 4.92. The van der Waals surface area contributed by atoms with Crippen LogP contribution in [0.4, 0.5) is 0 Å². The SMILES string of the molecule is CC(C)CCN(C)C(C)CC(N)=S. The van der Waals surface area contributed by atoms with Gasteiger partial charge in [0.15, 0.2) is 0 Å². The molecular weight excluding hydrogens is 180 g/mol. The van der Waals surface area contributed by atoms with E-state index >= 15 is 0 Å². The highest BCUT2D eigenvalue weighted by molar-refractivity contribution is 7.80. The lowest BCUT2D eigenvalue weighted by Crippen LogP contribution is -2.33. The van der Waals surface area contributed by atoms with Crippen LogP contribution in [-0.2, 0) is 0 Å². The summed E-state index contributed by atoms with van der Waals surface area (Å²) in [5, 5.41) is 0. The molecule has 78 valence electrons. The van der Waals surface area contributed by atoms with E-state index in [1.54, 1.807) is 0 Å². The van der Waals surface area contributed by atoms with Crippen LogP contribution in [-0.4, -0.2) is 29.5 Å². The summed E-state index contributed by atoms with van der Waals surface area (Å²) in [6.45, 7) is 7.78. The van der Waals surface area contributed by atoms with Gasteiger partial charge in [0.05, 0.1) is 4.99 Å². The van der Waals surface area contributed by atoms with Gasteiger partial charge in [-0.3, -0.25) is 0 Å². The molecule has 0 spiro atoms. The summed E-state index contributed by atoms with van der Waals surface area (Å²) in [6.07, 6.45) is 2.06. The zero-order chi connectivity index (χ0) is 10.4. The summed E-state index contributed by atoms with van der Waals surface area (Å²) in [6, 6.07) is 0.469. The molecule has 0 aliphatic rings. The molecule has 0 amide bonds. The van der Waals surface area contributed by atoms with E-state index < -0.39 is 0 Å². The van der Waals surface area contributed by atoms with Crippen LogP contribution >= 0.6 is 12.2 Å². The van der Waals surface area contributed by atoms with Gasteiger partial charge in [0.1, 0.15) is 0 Å². The van der Waals surface area contributed by atoms with Crippen LogP contribution in [0.5, 0.6) is 0 Å². The van der Waals surface area contributed by atoms with Crippen molar-refractivity contribution in [1.82, 2.24) is 4.90 Å². The topological polar surface area (TPSA) is 29.3 Å². The summed E-state index contributed by atoms with van der Waals surface area (Å²) in [5.41, 5.74) is 5.49. The van der Waals surface area contributed by atoms with Crippen molar-refractivity contribution in [1.29, 1.82) is 0 Å². The molecule has 0 aromatic heterocycles. The molecule has 0 aliphatic carbocycles. The summed E-state index contributed by atoms with van der Waals surface area (Å²) < 4.78 is 0. The molecule has 0 aromatic rings. The van der Waals surface area contributed by atoms with Gasteiger partial charge in [-0.1, -0.05) is 26.1 Å². The highest BCUT2D eigenvalue weighted by Crippen LogP contribution is 2.06. The lowest BCUT2D eigenvalue weighted by atomic mass is 10.1. The maximum absolute atomic E-state index is 5.49. The van der Waals surface area contributed by atoms with Crippen LogP contribution in [0.2, 0.25) is 0 Å². The van der Waals surface area contributed by atoms with E-state index in [4.69, 9.17) is 18.0 Å². The number of rotatable bonds is 6. The largest absolute Gasteiger partial charge is 0.393 e. The fraction of sp³-hybridized carbons (Fsp3) is 0.900. The first-order valence-corrected chi connectivity index (χ1v) is 5.32. The lowest BCUT2D eigenvalue weighted by molar-refractivity contribution is 0.248. The van der Waals surface area contributed by atoms with Crippen molar-refractivity contribution in [2.75, 3.05) is 13.6 Å². The molecule has 0 aromatic carbocycles. The first kappa shape index (κ1) is 12.8. The van der Waals surface area contributed by atoms with Gasteiger partial charge >= 0.3 is 0 Å². The maximum atomic E-state index is 5.49. The Kier molecular flexibility index (Phi) is 6.25. The Hall–Kier alpha value is -0.150. The quantitative estimate of drug-likeness (QED) is 0.668. The van der Waals surface area contributed by atoms with Crippen LogP contribution in [0, 0.1) is 5.92 Å². The Labute approximate surface area is 87.5 Å². The minimum Gasteiger partial charge on any atom is -0.393 e. The standard InChI is InChI=1S/C10H22N2S/c1-8(2)5-6-12(4)9(3)7-10(11)13/h8-9H,5-7H2,1-4H3,(H2,11,13). The van der Waals surface area contributed by atoms with E-state index in [-0.39, 0.29) is 0 Å². The van der Waals surface area contributed by atoms with Gasteiger partial charge in [-0.25, -0.2) is 0 Å². The third kappa shape index (κ3) is 6.96. The first-order chi connectivity index (χ1) is 5.93. The third-order valence-corrected chi connectivity index (χ3v) is 2.47. The molecule has 0 saturated heterocycles. The predicted molar refractivity (Wildman–Crippen MR) is 62.9 cm³/mol. The molecule has 13 heavy (non-hydrogen) atoms. The molecule has 0 saturated carbocycles. The zero-order valence-corrected chi connectivity index (χ0v) is 10.0. The van der Waals surface area contributed by atoms with Crippen LogP contribution in [0.15, 0.2) is 0 Å². The average molecular weight is 202 g/mol.